The summed E-state index contributed by atoms with van der Waals surface area (Å²) in [7, 11) is 0. The number of rotatable bonds is 6. The molecule has 190 valence electrons. The van der Waals surface area contributed by atoms with Gasteiger partial charge < -0.3 is 20.4 Å². The molecule has 2 amide bonds. The number of carbonyl (C=O) groups excluding carboxylic acids is 2. The summed E-state index contributed by atoms with van der Waals surface area (Å²) in [5.74, 6) is 0.287. The van der Waals surface area contributed by atoms with Crippen LogP contribution >= 0.6 is 0 Å². The minimum absolute atomic E-state index is 0.0659. The second kappa shape index (κ2) is 11.0. The molecule has 0 bridgehead atoms. The van der Waals surface area contributed by atoms with Crippen LogP contribution in [0.25, 0.3) is 22.0 Å². The predicted octanol–water partition coefficient (Wildman–Crippen LogP) is 4.56. The summed E-state index contributed by atoms with van der Waals surface area (Å²) < 4.78 is 0. The molecule has 1 fully saturated rings. The van der Waals surface area contributed by atoms with Crippen molar-refractivity contribution in [3.8, 4) is 17.2 Å². The lowest BCUT2D eigenvalue weighted by atomic mass is 10.0. The smallest absolute Gasteiger partial charge is 0.236 e. The number of nitrogens with zero attached hydrogens (tertiary/aromatic N) is 5. The number of anilines is 4. The monoisotopic (exact) mass is 505 g/mol. The van der Waals surface area contributed by atoms with Crippen molar-refractivity contribution in [2.75, 3.05) is 41.7 Å². The van der Waals surface area contributed by atoms with E-state index >= 15 is 0 Å². The van der Waals surface area contributed by atoms with E-state index in [-0.39, 0.29) is 18.2 Å². The molecule has 0 aliphatic carbocycles. The summed E-state index contributed by atoms with van der Waals surface area (Å²) in [6.45, 7) is 4.17. The van der Waals surface area contributed by atoms with Crippen LogP contribution in [0.3, 0.4) is 0 Å². The zero-order valence-electron chi connectivity index (χ0n) is 21.0. The minimum Gasteiger partial charge on any atom is -0.368 e. The number of hydrogen-bond acceptors (Lipinski definition) is 7. The van der Waals surface area contributed by atoms with E-state index in [0.717, 1.165) is 52.2 Å². The Morgan fingerprint density at radius 3 is 2.34 bits per heavy atom. The molecule has 1 aliphatic rings. The second-order valence-electron chi connectivity index (χ2n) is 9.07. The van der Waals surface area contributed by atoms with Gasteiger partial charge in [-0.2, -0.15) is 5.26 Å². The second-order valence-corrected chi connectivity index (χ2v) is 9.07. The number of benzene rings is 3. The average molecular weight is 506 g/mol. The summed E-state index contributed by atoms with van der Waals surface area (Å²) in [5, 5.41) is 15.8. The van der Waals surface area contributed by atoms with E-state index in [4.69, 9.17) is 10.2 Å². The Bertz CT molecular complexity index is 1500. The van der Waals surface area contributed by atoms with Crippen LogP contribution in [-0.2, 0) is 9.59 Å². The first-order valence-corrected chi connectivity index (χ1v) is 12.4. The van der Waals surface area contributed by atoms with Gasteiger partial charge in [0.15, 0.2) is 0 Å². The molecule has 9 heteroatoms. The van der Waals surface area contributed by atoms with Gasteiger partial charge in [-0.25, -0.2) is 9.97 Å². The molecule has 2 heterocycles. The Labute approximate surface area is 220 Å². The molecule has 3 aromatic carbocycles. The average Bonchev–Trinajstić information content (AvgIpc) is 2.93. The van der Waals surface area contributed by atoms with Gasteiger partial charge in [-0.1, -0.05) is 30.3 Å². The third-order valence-corrected chi connectivity index (χ3v) is 6.48. The Morgan fingerprint density at radius 1 is 0.947 bits per heavy atom. The molecule has 4 aromatic rings. The maximum absolute atomic E-state index is 11.9. The van der Waals surface area contributed by atoms with Gasteiger partial charge in [-0.15, -0.1) is 0 Å². The third kappa shape index (κ3) is 5.55. The molecule has 0 saturated carbocycles. The zero-order valence-corrected chi connectivity index (χ0v) is 21.0. The standard InChI is InChI=1S/C29H27N7O2/c1-20(37)32-23-7-5-21(6-8-23)26-4-2-3-22-19-31-29(34-28(22)26)33-24-9-11-25(12-10-24)35-15-17-36(18-16-35)27(38)13-14-30/h2-12,19H,13,15-18H2,1H3,(H,32,37)(H,31,33,34). The van der Waals surface area contributed by atoms with Crippen molar-refractivity contribution in [3.05, 3.63) is 72.9 Å². The maximum atomic E-state index is 11.9. The number of para-hydroxylation sites is 1. The first-order valence-electron chi connectivity index (χ1n) is 12.4. The quantitative estimate of drug-likeness (QED) is 0.395. The molecule has 38 heavy (non-hydrogen) atoms. The van der Waals surface area contributed by atoms with Crippen molar-refractivity contribution >= 4 is 45.7 Å². The number of aromatic nitrogens is 2. The van der Waals surface area contributed by atoms with Crippen molar-refractivity contribution in [1.29, 1.82) is 5.26 Å². The molecular weight excluding hydrogens is 478 g/mol. The molecule has 1 saturated heterocycles. The molecular formula is C29H27N7O2. The number of nitrogens with one attached hydrogen (secondary N) is 2. The van der Waals surface area contributed by atoms with E-state index in [2.05, 4.69) is 20.5 Å². The van der Waals surface area contributed by atoms with Crippen LogP contribution in [0.2, 0.25) is 0 Å². The zero-order chi connectivity index (χ0) is 26.5. The van der Waals surface area contributed by atoms with Gasteiger partial charge in [0.05, 0.1) is 11.6 Å². The van der Waals surface area contributed by atoms with E-state index in [1.807, 2.05) is 72.8 Å². The summed E-state index contributed by atoms with van der Waals surface area (Å²) in [5.41, 5.74) is 5.49. The van der Waals surface area contributed by atoms with Gasteiger partial charge in [-0.05, 0) is 42.0 Å². The Balaban J connectivity index is 1.29. The summed E-state index contributed by atoms with van der Waals surface area (Å²) in [6, 6.07) is 23.7. The molecule has 0 spiro atoms. The Morgan fingerprint density at radius 2 is 1.66 bits per heavy atom. The minimum atomic E-state index is -0.106. The molecule has 1 aliphatic heterocycles. The lowest BCUT2D eigenvalue weighted by Crippen LogP contribution is -2.48. The number of hydrogen-bond donors (Lipinski definition) is 2. The highest BCUT2D eigenvalue weighted by Crippen LogP contribution is 2.29. The lowest BCUT2D eigenvalue weighted by Gasteiger charge is -2.35. The highest BCUT2D eigenvalue weighted by atomic mass is 16.2. The van der Waals surface area contributed by atoms with Gasteiger partial charge in [0.25, 0.3) is 0 Å². The highest BCUT2D eigenvalue weighted by molar-refractivity contribution is 5.95. The molecule has 0 unspecified atom stereocenters. The fourth-order valence-corrected chi connectivity index (χ4v) is 4.56. The van der Waals surface area contributed by atoms with E-state index in [1.54, 1.807) is 11.1 Å². The number of piperazine rings is 1. The molecule has 1 aromatic heterocycles. The lowest BCUT2D eigenvalue weighted by molar-refractivity contribution is -0.130. The van der Waals surface area contributed by atoms with Crippen LogP contribution in [0, 0.1) is 11.3 Å². The fraction of sp³-hybridized carbons (Fsp3) is 0.207. The SMILES string of the molecule is CC(=O)Nc1ccc(-c2cccc3cnc(Nc4ccc(N5CCN(C(=O)CC#N)CC5)cc4)nc23)cc1. The van der Waals surface area contributed by atoms with Crippen molar-refractivity contribution in [2.24, 2.45) is 0 Å². The van der Waals surface area contributed by atoms with E-state index in [9.17, 15) is 9.59 Å². The van der Waals surface area contributed by atoms with Crippen LogP contribution in [0.5, 0.6) is 0 Å². The van der Waals surface area contributed by atoms with Crippen LogP contribution in [0.15, 0.2) is 72.9 Å². The van der Waals surface area contributed by atoms with Crippen molar-refractivity contribution in [2.45, 2.75) is 13.3 Å². The molecule has 0 radical (unpaired) electrons. The van der Waals surface area contributed by atoms with Gasteiger partial charge in [0.2, 0.25) is 17.8 Å². The van der Waals surface area contributed by atoms with Gasteiger partial charge in [0.1, 0.15) is 6.42 Å². The Hall–Kier alpha value is -4.97. The van der Waals surface area contributed by atoms with Gasteiger partial charge in [-0.3, -0.25) is 9.59 Å². The van der Waals surface area contributed by atoms with Crippen molar-refractivity contribution < 1.29 is 9.59 Å². The largest absolute Gasteiger partial charge is 0.368 e. The molecule has 2 N–H and O–H groups in total. The van der Waals surface area contributed by atoms with E-state index in [0.29, 0.717) is 19.0 Å². The normalized spacial score (nSPS) is 13.2. The first-order chi connectivity index (χ1) is 18.5. The van der Waals surface area contributed by atoms with Crippen LogP contribution in [-0.4, -0.2) is 52.9 Å². The molecule has 0 atom stereocenters. The summed E-state index contributed by atoms with van der Waals surface area (Å²) >= 11 is 0. The predicted molar refractivity (Wildman–Crippen MR) is 148 cm³/mol. The van der Waals surface area contributed by atoms with Crippen LogP contribution in [0.1, 0.15) is 13.3 Å². The van der Waals surface area contributed by atoms with Crippen molar-refractivity contribution in [3.63, 3.8) is 0 Å². The molecule has 5 rings (SSSR count). The number of carbonyl (C=O) groups is 2. The van der Waals surface area contributed by atoms with Crippen LogP contribution in [0.4, 0.5) is 23.0 Å². The van der Waals surface area contributed by atoms with Crippen molar-refractivity contribution in [1.82, 2.24) is 14.9 Å². The fourth-order valence-electron chi connectivity index (χ4n) is 4.56. The van der Waals surface area contributed by atoms with Gasteiger partial charge >= 0.3 is 0 Å². The van der Waals surface area contributed by atoms with E-state index < -0.39 is 0 Å². The maximum Gasteiger partial charge on any atom is 0.236 e. The summed E-state index contributed by atoms with van der Waals surface area (Å²) in [6.07, 6.45) is 1.74. The third-order valence-electron chi connectivity index (χ3n) is 6.48. The number of amides is 2. The summed E-state index contributed by atoms with van der Waals surface area (Å²) in [4.78, 5) is 36.5. The number of nitriles is 1. The first kappa shape index (κ1) is 24.7. The topological polar surface area (TPSA) is 114 Å². The highest BCUT2D eigenvalue weighted by Gasteiger charge is 2.21. The van der Waals surface area contributed by atoms with Crippen LogP contribution < -0.4 is 15.5 Å². The molecule has 9 nitrogen and oxygen atoms in total. The number of fused-ring (bicyclic) bond motifs is 1. The Kier molecular flexibility index (Phi) is 7.13. The van der Waals surface area contributed by atoms with Gasteiger partial charge in [0, 0.05) is 67.3 Å². The van der Waals surface area contributed by atoms with E-state index in [1.165, 1.54) is 6.92 Å².